The molecule has 3 rings (SSSR count). The van der Waals surface area contributed by atoms with Crippen molar-refractivity contribution < 1.29 is 9.47 Å². The molecule has 0 saturated carbocycles. The van der Waals surface area contributed by atoms with Crippen molar-refractivity contribution in [1.29, 1.82) is 0 Å². The van der Waals surface area contributed by atoms with Crippen molar-refractivity contribution in [3.63, 3.8) is 0 Å². The monoisotopic (exact) mass is 467 g/mol. The number of ether oxygens (including phenoxy) is 2. The van der Waals surface area contributed by atoms with Crippen LogP contribution in [0.25, 0.3) is 5.65 Å². The van der Waals surface area contributed by atoms with E-state index < -0.39 is 0 Å². The van der Waals surface area contributed by atoms with Crippen LogP contribution >= 0.6 is 24.0 Å². The van der Waals surface area contributed by atoms with E-state index in [1.807, 2.05) is 31.2 Å². The van der Waals surface area contributed by atoms with Crippen molar-refractivity contribution in [2.45, 2.75) is 40.8 Å². The van der Waals surface area contributed by atoms with Gasteiger partial charge in [-0.25, -0.2) is 4.98 Å². The number of nitrogens with two attached hydrogens (primary N) is 1. The molecule has 0 atom stereocenters. The van der Waals surface area contributed by atoms with E-state index in [9.17, 15) is 0 Å². The summed E-state index contributed by atoms with van der Waals surface area (Å²) in [5.41, 5.74) is 13.2. The van der Waals surface area contributed by atoms with E-state index in [-0.39, 0.29) is 24.0 Å². The van der Waals surface area contributed by atoms with Gasteiger partial charge < -0.3 is 15.2 Å². The molecule has 2 aromatic heterocycles. The minimum Gasteiger partial charge on any atom is -0.496 e. The molecule has 0 radical (unpaired) electrons. The Morgan fingerprint density at radius 3 is 2.42 bits per heavy atom. The van der Waals surface area contributed by atoms with Gasteiger partial charge in [0.05, 0.1) is 18.5 Å². The Kier molecular flexibility index (Phi) is 6.52. The van der Waals surface area contributed by atoms with Gasteiger partial charge in [-0.3, -0.25) is 4.40 Å². The lowest BCUT2D eigenvalue weighted by atomic mass is 10.1. The molecular weight excluding hydrogens is 441 g/mol. The molecule has 6 heteroatoms. The van der Waals surface area contributed by atoms with Gasteiger partial charge in [0.25, 0.3) is 0 Å². The summed E-state index contributed by atoms with van der Waals surface area (Å²) in [6, 6.07) is 7.88. The fourth-order valence-corrected chi connectivity index (χ4v) is 3.24. The van der Waals surface area contributed by atoms with Gasteiger partial charge in [-0.2, -0.15) is 0 Å². The number of aryl methyl sites for hydroxylation is 2. The summed E-state index contributed by atoms with van der Waals surface area (Å²) in [6.45, 7) is 9.14. The van der Waals surface area contributed by atoms with E-state index in [0.29, 0.717) is 13.2 Å². The lowest BCUT2D eigenvalue weighted by Gasteiger charge is -2.17. The number of halogens is 1. The van der Waals surface area contributed by atoms with E-state index in [1.54, 1.807) is 7.11 Å². The number of fused-ring (bicyclic) bond motifs is 1. The second kappa shape index (κ2) is 8.26. The molecule has 1 aromatic carbocycles. The molecule has 140 valence electrons. The number of methoxy groups -OCH3 is 1. The van der Waals surface area contributed by atoms with Crippen LogP contribution in [-0.4, -0.2) is 16.5 Å². The average molecular weight is 467 g/mol. The van der Waals surface area contributed by atoms with Crippen LogP contribution in [0.1, 0.15) is 33.8 Å². The minimum absolute atomic E-state index is 0. The lowest BCUT2D eigenvalue weighted by molar-refractivity contribution is 0.296. The Hall–Kier alpha value is -1.80. The minimum atomic E-state index is 0. The van der Waals surface area contributed by atoms with E-state index >= 15 is 0 Å². The van der Waals surface area contributed by atoms with Gasteiger partial charge in [0.15, 0.2) is 11.4 Å². The summed E-state index contributed by atoms with van der Waals surface area (Å²) in [7, 11) is 1.67. The van der Waals surface area contributed by atoms with Crippen LogP contribution < -0.4 is 15.2 Å². The highest BCUT2D eigenvalue weighted by molar-refractivity contribution is 14.0. The van der Waals surface area contributed by atoms with Crippen LogP contribution in [0, 0.1) is 27.7 Å². The standard InChI is InChI=1S/C20H25N3O2.HI/c1-12-13(2)19(25-11-16-8-6-7-9-18(16)24-5)20-22-14(3)17(10-21)23(20)15(12)4;/h6-9H,10-11,21H2,1-5H3;1H. The second-order valence-corrected chi connectivity index (χ2v) is 6.27. The molecule has 0 saturated heterocycles. The first-order valence-electron chi connectivity index (χ1n) is 8.42. The maximum absolute atomic E-state index is 6.22. The largest absolute Gasteiger partial charge is 0.496 e. The van der Waals surface area contributed by atoms with Crippen LogP contribution in [0.15, 0.2) is 24.3 Å². The zero-order chi connectivity index (χ0) is 18.1. The van der Waals surface area contributed by atoms with Crippen molar-refractivity contribution >= 4 is 29.6 Å². The van der Waals surface area contributed by atoms with Crippen molar-refractivity contribution in [2.24, 2.45) is 5.73 Å². The summed E-state index contributed by atoms with van der Waals surface area (Å²) in [4.78, 5) is 4.73. The van der Waals surface area contributed by atoms with E-state index in [1.165, 1.54) is 5.56 Å². The fourth-order valence-electron chi connectivity index (χ4n) is 3.24. The molecule has 0 unspecified atom stereocenters. The number of pyridine rings is 1. The summed E-state index contributed by atoms with van der Waals surface area (Å²) < 4.78 is 13.8. The molecular formula is C20H26IN3O2. The van der Waals surface area contributed by atoms with Crippen LogP contribution in [0.4, 0.5) is 0 Å². The zero-order valence-corrected chi connectivity index (χ0v) is 18.3. The molecule has 0 aliphatic carbocycles. The number of hydrogen-bond acceptors (Lipinski definition) is 4. The Bertz CT molecular complexity index is 935. The summed E-state index contributed by atoms with van der Waals surface area (Å²) in [6.07, 6.45) is 0. The molecule has 0 amide bonds. The molecule has 26 heavy (non-hydrogen) atoms. The van der Waals surface area contributed by atoms with Gasteiger partial charge in [-0.15, -0.1) is 24.0 Å². The number of imidazole rings is 1. The maximum Gasteiger partial charge on any atom is 0.180 e. The highest BCUT2D eigenvalue weighted by Crippen LogP contribution is 2.32. The van der Waals surface area contributed by atoms with E-state index in [4.69, 9.17) is 20.2 Å². The first-order valence-corrected chi connectivity index (χ1v) is 8.42. The topological polar surface area (TPSA) is 61.8 Å². The van der Waals surface area contributed by atoms with Crippen molar-refractivity contribution in [2.75, 3.05) is 7.11 Å². The first-order chi connectivity index (χ1) is 12.0. The van der Waals surface area contributed by atoms with Crippen molar-refractivity contribution in [1.82, 2.24) is 9.38 Å². The Morgan fingerprint density at radius 2 is 1.77 bits per heavy atom. The summed E-state index contributed by atoms with van der Waals surface area (Å²) >= 11 is 0. The van der Waals surface area contributed by atoms with Gasteiger partial charge in [0.1, 0.15) is 12.4 Å². The van der Waals surface area contributed by atoms with E-state index in [2.05, 4.69) is 25.2 Å². The van der Waals surface area contributed by atoms with Crippen LogP contribution in [0.2, 0.25) is 0 Å². The number of aromatic nitrogens is 2. The van der Waals surface area contributed by atoms with Gasteiger partial charge in [-0.1, -0.05) is 18.2 Å². The fraction of sp³-hybridized carbons (Fsp3) is 0.350. The molecule has 2 heterocycles. The molecule has 3 aromatic rings. The van der Waals surface area contributed by atoms with Gasteiger partial charge in [-0.05, 0) is 44.9 Å². The molecule has 0 aliphatic rings. The molecule has 2 N–H and O–H groups in total. The van der Waals surface area contributed by atoms with E-state index in [0.717, 1.165) is 45.4 Å². The van der Waals surface area contributed by atoms with Gasteiger partial charge in [0, 0.05) is 17.8 Å². The molecule has 0 fully saturated rings. The third kappa shape index (κ3) is 3.40. The lowest BCUT2D eigenvalue weighted by Crippen LogP contribution is -2.09. The number of para-hydroxylation sites is 1. The SMILES string of the molecule is COc1ccccc1COc1c(C)c(C)c(C)n2c(CN)c(C)nc12.I. The third-order valence-electron chi connectivity index (χ3n) is 4.92. The highest BCUT2D eigenvalue weighted by Gasteiger charge is 2.19. The normalized spacial score (nSPS) is 10.7. The van der Waals surface area contributed by atoms with Crippen LogP contribution in [0.5, 0.6) is 11.5 Å². The van der Waals surface area contributed by atoms with Gasteiger partial charge >= 0.3 is 0 Å². The Morgan fingerprint density at radius 1 is 1.08 bits per heavy atom. The number of benzene rings is 1. The van der Waals surface area contributed by atoms with Crippen LogP contribution in [-0.2, 0) is 13.2 Å². The first kappa shape index (κ1) is 20.5. The number of nitrogens with zero attached hydrogens (tertiary/aromatic N) is 2. The zero-order valence-electron chi connectivity index (χ0n) is 15.9. The average Bonchev–Trinajstić information content (AvgIpc) is 2.96. The Balaban J connectivity index is 0.00000243. The summed E-state index contributed by atoms with van der Waals surface area (Å²) in [5, 5.41) is 0. The smallest absolute Gasteiger partial charge is 0.180 e. The third-order valence-corrected chi connectivity index (χ3v) is 4.92. The predicted octanol–water partition coefficient (Wildman–Crippen LogP) is 4.23. The molecule has 5 nitrogen and oxygen atoms in total. The number of hydrogen-bond donors (Lipinski definition) is 1. The summed E-state index contributed by atoms with van der Waals surface area (Å²) in [5.74, 6) is 1.62. The number of rotatable bonds is 5. The maximum atomic E-state index is 6.22. The quantitative estimate of drug-likeness (QED) is 0.571. The van der Waals surface area contributed by atoms with Crippen LogP contribution in [0.3, 0.4) is 0 Å². The van der Waals surface area contributed by atoms with Crippen molar-refractivity contribution in [3.8, 4) is 11.5 Å². The highest BCUT2D eigenvalue weighted by atomic mass is 127. The molecule has 0 bridgehead atoms. The molecule has 0 spiro atoms. The Labute approximate surface area is 171 Å². The second-order valence-electron chi connectivity index (χ2n) is 6.27. The molecule has 0 aliphatic heterocycles. The van der Waals surface area contributed by atoms with Crippen molar-refractivity contribution in [3.05, 3.63) is 58.0 Å². The predicted molar refractivity (Wildman–Crippen MR) is 115 cm³/mol. The van der Waals surface area contributed by atoms with Gasteiger partial charge in [0.2, 0.25) is 0 Å².